The van der Waals surface area contributed by atoms with Crippen LogP contribution in [0.3, 0.4) is 0 Å². The molecule has 208 valence electrons. The Morgan fingerprint density at radius 1 is 1.16 bits per heavy atom. The van der Waals surface area contributed by atoms with Gasteiger partial charge in [-0.2, -0.15) is 0 Å². The summed E-state index contributed by atoms with van der Waals surface area (Å²) in [6.07, 6.45) is 5.21. The van der Waals surface area contributed by atoms with Gasteiger partial charge in [0, 0.05) is 37.1 Å². The molecule has 1 aliphatic rings. The first-order chi connectivity index (χ1) is 18.4. The van der Waals surface area contributed by atoms with E-state index in [1.165, 1.54) is 5.56 Å². The quantitative estimate of drug-likeness (QED) is 0.187. The second-order valence-electron chi connectivity index (χ2n) is 9.74. The van der Waals surface area contributed by atoms with Crippen molar-refractivity contribution in [3.8, 4) is 11.5 Å². The highest BCUT2D eigenvalue weighted by Gasteiger charge is 2.22. The van der Waals surface area contributed by atoms with Crippen LogP contribution in [-0.2, 0) is 22.4 Å². The molecule has 1 heterocycles. The van der Waals surface area contributed by atoms with Crippen LogP contribution in [0.25, 0.3) is 0 Å². The number of carbonyl (C=O) groups is 2. The summed E-state index contributed by atoms with van der Waals surface area (Å²) in [4.78, 5) is 26.7. The van der Waals surface area contributed by atoms with Gasteiger partial charge in [0.05, 0.1) is 0 Å². The molecule has 0 fully saturated rings. The number of unbranched alkanes of at least 4 members (excludes halogenated alkanes) is 1. The van der Waals surface area contributed by atoms with Gasteiger partial charge in [-0.05, 0) is 68.6 Å². The summed E-state index contributed by atoms with van der Waals surface area (Å²) in [7, 11) is 0. The fraction of sp³-hybridized carbons (Fsp3) is 0.517. The Kier molecular flexibility index (Phi) is 12.2. The van der Waals surface area contributed by atoms with Crippen molar-refractivity contribution in [2.24, 2.45) is 0 Å². The Labute approximate surface area is 231 Å². The maximum Gasteiger partial charge on any atom is 0.262 e. The van der Waals surface area contributed by atoms with Gasteiger partial charge in [-0.3, -0.25) is 9.59 Å². The second-order valence-corrected chi connectivity index (χ2v) is 10.2. The Balaban J connectivity index is 1.43. The molecule has 2 amide bonds. The van der Waals surface area contributed by atoms with E-state index in [1.54, 1.807) is 6.07 Å². The van der Waals surface area contributed by atoms with E-state index < -0.39 is 0 Å². The molecule has 0 aromatic heterocycles. The molecule has 0 saturated carbocycles. The summed E-state index contributed by atoms with van der Waals surface area (Å²) in [5.41, 5.74) is 2.43. The van der Waals surface area contributed by atoms with Crippen molar-refractivity contribution in [1.29, 1.82) is 0 Å². The molecular formula is C29H41ClN4O4. The lowest BCUT2D eigenvalue weighted by atomic mass is 10.1. The van der Waals surface area contributed by atoms with Crippen LogP contribution < -0.4 is 20.7 Å². The van der Waals surface area contributed by atoms with Gasteiger partial charge < -0.3 is 30.7 Å². The van der Waals surface area contributed by atoms with Gasteiger partial charge in [-0.1, -0.05) is 49.6 Å². The summed E-state index contributed by atoms with van der Waals surface area (Å²) in [6, 6.07) is 11.4. The van der Waals surface area contributed by atoms with Crippen LogP contribution in [0.15, 0.2) is 36.4 Å². The summed E-state index contributed by atoms with van der Waals surface area (Å²) in [6.45, 7) is 7.70. The normalized spacial score (nSPS) is 13.4. The Morgan fingerprint density at radius 2 is 1.95 bits per heavy atom. The maximum absolute atomic E-state index is 13.1. The Morgan fingerprint density at radius 3 is 2.74 bits per heavy atom. The van der Waals surface area contributed by atoms with Crippen molar-refractivity contribution in [3.05, 3.63) is 52.5 Å². The lowest BCUT2D eigenvalue weighted by Crippen LogP contribution is -2.43. The first kappa shape index (κ1) is 29.7. The van der Waals surface area contributed by atoms with Gasteiger partial charge in [0.25, 0.3) is 5.91 Å². The fourth-order valence-corrected chi connectivity index (χ4v) is 4.81. The topological polar surface area (TPSA) is 103 Å². The molecule has 8 nitrogen and oxygen atoms in total. The number of carbonyl (C=O) groups excluding carboxylic acids is 2. The molecule has 0 bridgehead atoms. The van der Waals surface area contributed by atoms with Crippen molar-refractivity contribution < 1.29 is 19.4 Å². The molecule has 9 heteroatoms. The van der Waals surface area contributed by atoms with Crippen LogP contribution in [0, 0.1) is 0 Å². The highest BCUT2D eigenvalue weighted by molar-refractivity contribution is 6.30. The van der Waals surface area contributed by atoms with Crippen molar-refractivity contribution >= 4 is 29.1 Å². The molecule has 0 saturated heterocycles. The second kappa shape index (κ2) is 15.6. The summed E-state index contributed by atoms with van der Waals surface area (Å²) in [5, 5.41) is 20.3. The zero-order valence-electron chi connectivity index (χ0n) is 22.5. The number of ether oxygens (including phenoxy) is 1. The van der Waals surface area contributed by atoms with Crippen molar-refractivity contribution in [1.82, 2.24) is 15.5 Å². The van der Waals surface area contributed by atoms with Gasteiger partial charge in [0.15, 0.2) is 12.4 Å². The molecule has 0 radical (unpaired) electrons. The van der Waals surface area contributed by atoms with E-state index in [9.17, 15) is 14.7 Å². The first-order valence-corrected chi connectivity index (χ1v) is 14.0. The Hall–Kier alpha value is -2.81. The zero-order chi connectivity index (χ0) is 27.3. The van der Waals surface area contributed by atoms with E-state index in [4.69, 9.17) is 16.3 Å². The third-order valence-corrected chi connectivity index (χ3v) is 6.99. The molecule has 0 aliphatic carbocycles. The van der Waals surface area contributed by atoms with Gasteiger partial charge in [-0.25, -0.2) is 0 Å². The lowest BCUT2D eigenvalue weighted by Gasteiger charge is -2.30. The predicted molar refractivity (Wildman–Crippen MR) is 152 cm³/mol. The molecule has 1 atom stereocenters. The molecule has 1 unspecified atom stereocenters. The minimum absolute atomic E-state index is 0.000988. The standard InChI is InChI=1S/C29H41ClN4O4/c1-3-4-6-21(2)34(27(37)13-16-31-14-11-22-7-5-8-24(30)19-22)18-17-32-15-12-23-9-10-25(35)28-29(23)38-20-26(36)33-28/h5,7-10,19,21,31-32,35H,3-4,6,11-18,20H2,1-2H3,(H,33,36). The largest absolute Gasteiger partial charge is 0.506 e. The monoisotopic (exact) mass is 544 g/mol. The molecule has 0 spiro atoms. The number of hydrogen-bond donors (Lipinski definition) is 4. The number of hydrogen-bond acceptors (Lipinski definition) is 6. The predicted octanol–water partition coefficient (Wildman–Crippen LogP) is 4.14. The molecule has 2 aromatic carbocycles. The number of fused-ring (bicyclic) bond motifs is 1. The summed E-state index contributed by atoms with van der Waals surface area (Å²) >= 11 is 6.05. The van der Waals surface area contributed by atoms with Crippen LogP contribution in [-0.4, -0.2) is 67.2 Å². The third kappa shape index (κ3) is 9.19. The average Bonchev–Trinajstić information content (AvgIpc) is 2.90. The van der Waals surface area contributed by atoms with E-state index in [2.05, 4.69) is 35.9 Å². The number of nitrogens with one attached hydrogen (secondary N) is 3. The van der Waals surface area contributed by atoms with Crippen LogP contribution >= 0.6 is 11.6 Å². The van der Waals surface area contributed by atoms with Gasteiger partial charge in [0.2, 0.25) is 5.91 Å². The third-order valence-electron chi connectivity index (χ3n) is 6.75. The van der Waals surface area contributed by atoms with E-state index in [0.717, 1.165) is 42.8 Å². The van der Waals surface area contributed by atoms with Crippen LogP contribution in [0.5, 0.6) is 11.5 Å². The Bertz CT molecular complexity index is 1060. The average molecular weight is 545 g/mol. The fourth-order valence-electron chi connectivity index (χ4n) is 4.59. The highest BCUT2D eigenvalue weighted by atomic mass is 35.5. The maximum atomic E-state index is 13.1. The van der Waals surface area contributed by atoms with Gasteiger partial charge in [0.1, 0.15) is 11.4 Å². The smallest absolute Gasteiger partial charge is 0.262 e. The lowest BCUT2D eigenvalue weighted by molar-refractivity contribution is -0.133. The molecule has 2 aromatic rings. The number of phenols is 1. The number of benzene rings is 2. The number of nitrogens with zero attached hydrogens (tertiary/aromatic N) is 1. The van der Waals surface area contributed by atoms with Crippen molar-refractivity contribution in [3.63, 3.8) is 0 Å². The SMILES string of the molecule is CCCCC(C)N(CCNCCc1ccc(O)c2c1OCC(=O)N2)C(=O)CCNCCc1cccc(Cl)c1. The number of aromatic hydroxyl groups is 1. The van der Waals surface area contributed by atoms with E-state index >= 15 is 0 Å². The highest BCUT2D eigenvalue weighted by Crippen LogP contribution is 2.39. The molecule has 1 aliphatic heterocycles. The van der Waals surface area contributed by atoms with Gasteiger partial charge >= 0.3 is 0 Å². The van der Waals surface area contributed by atoms with Crippen LogP contribution in [0.2, 0.25) is 5.02 Å². The van der Waals surface area contributed by atoms with E-state index in [0.29, 0.717) is 50.5 Å². The molecule has 38 heavy (non-hydrogen) atoms. The van der Waals surface area contributed by atoms with Gasteiger partial charge in [-0.15, -0.1) is 0 Å². The number of halogens is 1. The first-order valence-electron chi connectivity index (χ1n) is 13.6. The van der Waals surface area contributed by atoms with E-state index in [1.807, 2.05) is 29.2 Å². The van der Waals surface area contributed by atoms with Crippen LogP contribution in [0.1, 0.15) is 50.7 Å². The van der Waals surface area contributed by atoms with Crippen molar-refractivity contribution in [2.45, 2.75) is 58.4 Å². The number of phenolic OH excluding ortho intramolecular Hbond substituents is 1. The zero-order valence-corrected chi connectivity index (χ0v) is 23.3. The summed E-state index contributed by atoms with van der Waals surface area (Å²) < 4.78 is 5.56. The molecule has 4 N–H and O–H groups in total. The number of anilines is 1. The van der Waals surface area contributed by atoms with E-state index in [-0.39, 0.29) is 30.2 Å². The minimum atomic E-state index is -0.277. The van der Waals surface area contributed by atoms with Crippen LogP contribution in [0.4, 0.5) is 5.69 Å². The summed E-state index contributed by atoms with van der Waals surface area (Å²) in [5.74, 6) is 0.418. The molecule has 3 rings (SSSR count). The minimum Gasteiger partial charge on any atom is -0.506 e. The number of amides is 2. The van der Waals surface area contributed by atoms with Crippen molar-refractivity contribution in [2.75, 3.05) is 44.6 Å². The molecular weight excluding hydrogens is 504 g/mol. The number of rotatable bonds is 16.